The highest BCUT2D eigenvalue weighted by Crippen LogP contribution is 2.21. The highest BCUT2D eigenvalue weighted by atomic mass is 32.2. The number of carbonyl (C=O) groups is 2. The molecule has 1 aliphatic heterocycles. The van der Waals surface area contributed by atoms with E-state index in [1.165, 1.54) is 11.8 Å². The molecule has 0 atom stereocenters. The standard InChI is InChI=1S/C20H20N2O2S2/c23-18(14-26-20(25)22-12-6-7-13-22)21-17-11-5-4-10-16(17)19(24)15-8-2-1-3-9-15/h1-5,8-11H,6-7,12-14H2,(H,21,23). The minimum absolute atomic E-state index is 0.109. The van der Waals surface area contributed by atoms with Crippen molar-refractivity contribution in [2.75, 3.05) is 24.2 Å². The third kappa shape index (κ3) is 4.71. The molecule has 4 nitrogen and oxygen atoms in total. The van der Waals surface area contributed by atoms with Crippen molar-refractivity contribution < 1.29 is 9.59 Å². The third-order valence-corrected chi connectivity index (χ3v) is 5.70. The predicted molar refractivity (Wildman–Crippen MR) is 111 cm³/mol. The highest BCUT2D eigenvalue weighted by molar-refractivity contribution is 8.23. The lowest BCUT2D eigenvalue weighted by atomic mass is 10.0. The van der Waals surface area contributed by atoms with Crippen molar-refractivity contribution in [2.24, 2.45) is 0 Å². The van der Waals surface area contributed by atoms with Gasteiger partial charge in [0.2, 0.25) is 5.91 Å². The Hall–Kier alpha value is -2.18. The Morgan fingerprint density at radius 3 is 2.38 bits per heavy atom. The van der Waals surface area contributed by atoms with Gasteiger partial charge in [-0.05, 0) is 25.0 Å². The molecule has 1 N–H and O–H groups in total. The van der Waals surface area contributed by atoms with E-state index in [2.05, 4.69) is 10.2 Å². The van der Waals surface area contributed by atoms with Gasteiger partial charge in [0, 0.05) is 24.2 Å². The molecule has 1 saturated heterocycles. The molecule has 0 saturated carbocycles. The van der Waals surface area contributed by atoms with Crippen molar-refractivity contribution in [1.82, 2.24) is 4.90 Å². The van der Waals surface area contributed by atoms with Crippen molar-refractivity contribution in [3.8, 4) is 0 Å². The van der Waals surface area contributed by atoms with Gasteiger partial charge in [-0.15, -0.1) is 0 Å². The van der Waals surface area contributed by atoms with Crippen molar-refractivity contribution in [3.63, 3.8) is 0 Å². The molecule has 0 aromatic heterocycles. The highest BCUT2D eigenvalue weighted by Gasteiger charge is 2.18. The second-order valence-corrected chi connectivity index (χ2v) is 7.65. The van der Waals surface area contributed by atoms with Gasteiger partial charge in [-0.25, -0.2) is 0 Å². The van der Waals surface area contributed by atoms with Crippen molar-refractivity contribution in [2.45, 2.75) is 12.8 Å². The largest absolute Gasteiger partial charge is 0.358 e. The fraction of sp³-hybridized carbons (Fsp3) is 0.250. The molecular weight excluding hydrogens is 364 g/mol. The Morgan fingerprint density at radius 1 is 1.00 bits per heavy atom. The molecule has 0 unspecified atom stereocenters. The molecular formula is C20H20N2O2S2. The molecule has 2 aromatic carbocycles. The fourth-order valence-corrected chi connectivity index (χ4v) is 3.89. The first-order valence-corrected chi connectivity index (χ1v) is 9.95. The van der Waals surface area contributed by atoms with E-state index in [0.717, 1.165) is 30.3 Å². The lowest BCUT2D eigenvalue weighted by Gasteiger charge is -2.17. The van der Waals surface area contributed by atoms with E-state index in [9.17, 15) is 9.59 Å². The van der Waals surface area contributed by atoms with Gasteiger partial charge >= 0.3 is 0 Å². The van der Waals surface area contributed by atoms with Crippen LogP contribution in [0.5, 0.6) is 0 Å². The molecule has 6 heteroatoms. The van der Waals surface area contributed by atoms with E-state index >= 15 is 0 Å². The molecule has 1 amide bonds. The van der Waals surface area contributed by atoms with Crippen LogP contribution >= 0.6 is 24.0 Å². The molecule has 2 aromatic rings. The number of thioether (sulfide) groups is 1. The minimum Gasteiger partial charge on any atom is -0.358 e. The summed E-state index contributed by atoms with van der Waals surface area (Å²) < 4.78 is 0.770. The van der Waals surface area contributed by atoms with E-state index in [0.29, 0.717) is 16.8 Å². The van der Waals surface area contributed by atoms with Gasteiger partial charge in [-0.1, -0.05) is 66.4 Å². The number of hydrogen-bond donors (Lipinski definition) is 1. The van der Waals surface area contributed by atoms with E-state index in [4.69, 9.17) is 12.2 Å². The molecule has 1 heterocycles. The molecule has 0 spiro atoms. The van der Waals surface area contributed by atoms with Crippen LogP contribution in [0.2, 0.25) is 0 Å². The number of ketones is 1. The van der Waals surface area contributed by atoms with Crippen molar-refractivity contribution in [3.05, 3.63) is 65.7 Å². The molecule has 3 rings (SSSR count). The minimum atomic E-state index is -0.162. The maximum atomic E-state index is 12.7. The number of benzene rings is 2. The summed E-state index contributed by atoms with van der Waals surface area (Å²) in [6.07, 6.45) is 2.31. The summed E-state index contributed by atoms with van der Waals surface area (Å²) in [5.41, 5.74) is 1.61. The third-order valence-electron chi connectivity index (χ3n) is 4.17. The second-order valence-electron chi connectivity index (χ2n) is 6.04. The Labute approximate surface area is 163 Å². The summed E-state index contributed by atoms with van der Waals surface area (Å²) in [4.78, 5) is 27.2. The molecule has 1 aliphatic rings. The summed E-state index contributed by atoms with van der Waals surface area (Å²) in [6.45, 7) is 1.95. The quantitative estimate of drug-likeness (QED) is 0.624. The lowest BCUT2D eigenvalue weighted by molar-refractivity contribution is -0.113. The van der Waals surface area contributed by atoms with Gasteiger partial charge < -0.3 is 10.2 Å². The maximum absolute atomic E-state index is 12.7. The smallest absolute Gasteiger partial charge is 0.234 e. The van der Waals surface area contributed by atoms with Gasteiger partial charge in [0.15, 0.2) is 5.78 Å². The summed E-state index contributed by atoms with van der Waals surface area (Å²) in [7, 11) is 0. The number of rotatable bonds is 5. The number of anilines is 1. The van der Waals surface area contributed by atoms with E-state index < -0.39 is 0 Å². The van der Waals surface area contributed by atoms with E-state index in [-0.39, 0.29) is 17.4 Å². The monoisotopic (exact) mass is 384 g/mol. The number of amides is 1. The number of nitrogens with zero attached hydrogens (tertiary/aromatic N) is 1. The van der Waals surface area contributed by atoms with Crippen molar-refractivity contribution >= 4 is 45.7 Å². The van der Waals surface area contributed by atoms with E-state index in [1.54, 1.807) is 36.4 Å². The number of para-hydroxylation sites is 1. The van der Waals surface area contributed by atoms with E-state index in [1.807, 2.05) is 18.2 Å². The second kappa shape index (κ2) is 8.96. The first-order chi connectivity index (χ1) is 12.6. The zero-order valence-corrected chi connectivity index (χ0v) is 15.9. The zero-order chi connectivity index (χ0) is 18.4. The first kappa shape index (κ1) is 18.6. The molecule has 1 fully saturated rings. The maximum Gasteiger partial charge on any atom is 0.234 e. The molecule has 0 bridgehead atoms. The Morgan fingerprint density at radius 2 is 1.65 bits per heavy atom. The molecule has 134 valence electrons. The summed E-state index contributed by atoms with van der Waals surface area (Å²) in [5.74, 6) is -0.0324. The van der Waals surface area contributed by atoms with Crippen LogP contribution in [0.3, 0.4) is 0 Å². The average Bonchev–Trinajstić information content (AvgIpc) is 3.21. The Balaban J connectivity index is 1.63. The topological polar surface area (TPSA) is 49.4 Å². The summed E-state index contributed by atoms with van der Waals surface area (Å²) in [5, 5.41) is 2.85. The van der Waals surface area contributed by atoms with Crippen LogP contribution in [-0.4, -0.2) is 39.8 Å². The van der Waals surface area contributed by atoms with Crippen LogP contribution in [0, 0.1) is 0 Å². The normalized spacial score (nSPS) is 13.5. The molecule has 0 radical (unpaired) electrons. The predicted octanol–water partition coefficient (Wildman–Crippen LogP) is 3.97. The van der Waals surface area contributed by atoms with Gasteiger partial charge in [0.1, 0.15) is 4.32 Å². The summed E-state index contributed by atoms with van der Waals surface area (Å²) in [6, 6.07) is 16.1. The molecule has 0 aliphatic carbocycles. The Kier molecular flexibility index (Phi) is 6.41. The van der Waals surface area contributed by atoms with Crippen LogP contribution in [-0.2, 0) is 4.79 Å². The SMILES string of the molecule is O=C(CSC(=S)N1CCCC1)Nc1ccccc1C(=O)c1ccccc1. The number of hydrogen-bond acceptors (Lipinski definition) is 4. The number of nitrogens with one attached hydrogen (secondary N) is 1. The lowest BCUT2D eigenvalue weighted by Crippen LogP contribution is -2.25. The van der Waals surface area contributed by atoms with Gasteiger partial charge in [0.05, 0.1) is 11.4 Å². The van der Waals surface area contributed by atoms with Crippen LogP contribution < -0.4 is 5.32 Å². The average molecular weight is 385 g/mol. The summed E-state index contributed by atoms with van der Waals surface area (Å²) >= 11 is 6.75. The number of thiocarbonyl (C=S) groups is 1. The first-order valence-electron chi connectivity index (χ1n) is 8.55. The van der Waals surface area contributed by atoms with Gasteiger partial charge in [-0.2, -0.15) is 0 Å². The fourth-order valence-electron chi connectivity index (χ4n) is 2.84. The number of carbonyl (C=O) groups excluding carboxylic acids is 2. The zero-order valence-electron chi connectivity index (χ0n) is 14.3. The van der Waals surface area contributed by atoms with Gasteiger partial charge in [0.25, 0.3) is 0 Å². The van der Waals surface area contributed by atoms with Crippen LogP contribution in [0.4, 0.5) is 5.69 Å². The van der Waals surface area contributed by atoms with Gasteiger partial charge in [-0.3, -0.25) is 9.59 Å². The van der Waals surface area contributed by atoms with Crippen LogP contribution in [0.1, 0.15) is 28.8 Å². The van der Waals surface area contributed by atoms with Crippen LogP contribution in [0.25, 0.3) is 0 Å². The number of likely N-dealkylation sites (tertiary alicyclic amines) is 1. The Bertz CT molecular complexity index is 802. The molecule has 26 heavy (non-hydrogen) atoms. The van der Waals surface area contributed by atoms with Crippen molar-refractivity contribution in [1.29, 1.82) is 0 Å². The van der Waals surface area contributed by atoms with Crippen LogP contribution in [0.15, 0.2) is 54.6 Å².